The molecule has 2 heterocycles. The molecule has 8 heteroatoms. The molecule has 0 spiro atoms. The largest absolute Gasteiger partial charge is 0.497 e. The maximum Gasteiger partial charge on any atom is 0.217 e. The summed E-state index contributed by atoms with van der Waals surface area (Å²) in [7, 11) is 2.99. The van der Waals surface area contributed by atoms with Gasteiger partial charge in [-0.3, -0.25) is 5.41 Å². The average molecular weight is 469 g/mol. The van der Waals surface area contributed by atoms with Crippen LogP contribution in [0, 0.1) is 56.2 Å². The molecule has 1 saturated carbocycles. The fraction of sp³-hybridized carbons (Fsp3) is 0.407. The second-order valence-corrected chi connectivity index (χ2v) is 9.23. The average Bonchev–Trinajstić information content (AvgIpc) is 3.11. The van der Waals surface area contributed by atoms with E-state index >= 15 is 0 Å². The Morgan fingerprint density at radius 1 is 1.00 bits per heavy atom. The summed E-state index contributed by atoms with van der Waals surface area (Å²) in [5.41, 5.74) is -2.36. The van der Waals surface area contributed by atoms with Crippen LogP contribution in [0.4, 0.5) is 0 Å². The maximum absolute atomic E-state index is 10.6. The van der Waals surface area contributed by atoms with Gasteiger partial charge in [-0.15, -0.1) is 0 Å². The molecule has 1 aliphatic carbocycles. The number of rotatable bonds is 4. The van der Waals surface area contributed by atoms with E-state index in [1.807, 2.05) is 30.3 Å². The van der Waals surface area contributed by atoms with Gasteiger partial charge in [0.2, 0.25) is 17.1 Å². The molecule has 8 nitrogen and oxygen atoms in total. The Morgan fingerprint density at radius 2 is 1.74 bits per heavy atom. The monoisotopic (exact) mass is 468 g/mol. The first-order valence-corrected chi connectivity index (χ1v) is 11.4. The third kappa shape index (κ3) is 2.83. The lowest BCUT2D eigenvalue weighted by atomic mass is 9.50. The van der Waals surface area contributed by atoms with E-state index in [1.165, 1.54) is 14.2 Å². The van der Waals surface area contributed by atoms with E-state index in [2.05, 4.69) is 18.2 Å². The van der Waals surface area contributed by atoms with Gasteiger partial charge in [0.05, 0.1) is 38.3 Å². The summed E-state index contributed by atoms with van der Waals surface area (Å²) in [6.45, 7) is 0. The van der Waals surface area contributed by atoms with Gasteiger partial charge in [-0.05, 0) is 42.5 Å². The molecule has 1 N–H and O–H groups in total. The first-order valence-electron chi connectivity index (χ1n) is 11.4. The van der Waals surface area contributed by atoms with Crippen molar-refractivity contribution in [3.8, 4) is 29.7 Å². The van der Waals surface area contributed by atoms with Crippen molar-refractivity contribution < 1.29 is 18.9 Å². The molecule has 2 aromatic carbocycles. The highest BCUT2D eigenvalue weighted by atomic mass is 16.7. The highest BCUT2D eigenvalue weighted by Gasteiger charge is 2.81. The van der Waals surface area contributed by atoms with Gasteiger partial charge in [-0.2, -0.15) is 15.8 Å². The van der Waals surface area contributed by atoms with E-state index in [9.17, 15) is 15.8 Å². The number of nitrogens with one attached hydrogen (secondary N) is 1. The standard InChI is InChI=1S/C27H24N4O4/c1-32-19-8-9-21(33-2)20(13-19)23-25(14-28,15-29)26(16-30)22-12-18(17-6-4-3-5-7-17)10-11-27(22,34-23)35-24(26)31/h3-9,13,18,22-23,31H,10-12H2,1-2H3. The van der Waals surface area contributed by atoms with Crippen LogP contribution in [0.25, 0.3) is 0 Å². The molecule has 0 aromatic heterocycles. The van der Waals surface area contributed by atoms with Crippen molar-refractivity contribution in [2.45, 2.75) is 37.1 Å². The van der Waals surface area contributed by atoms with Crippen LogP contribution >= 0.6 is 0 Å². The van der Waals surface area contributed by atoms with Crippen LogP contribution in [0.1, 0.15) is 42.4 Å². The van der Waals surface area contributed by atoms with Crippen LogP contribution in [0.15, 0.2) is 48.5 Å². The van der Waals surface area contributed by atoms with Crippen molar-refractivity contribution in [1.82, 2.24) is 0 Å². The van der Waals surface area contributed by atoms with E-state index in [4.69, 9.17) is 24.4 Å². The minimum absolute atomic E-state index is 0.0816. The molecule has 5 unspecified atom stereocenters. The molecule has 0 radical (unpaired) electrons. The molecule has 5 rings (SSSR count). The number of methoxy groups -OCH3 is 2. The lowest BCUT2D eigenvalue weighted by molar-refractivity contribution is -0.296. The molecule has 2 bridgehead atoms. The van der Waals surface area contributed by atoms with Gasteiger partial charge in [0, 0.05) is 12.0 Å². The van der Waals surface area contributed by atoms with E-state index in [-0.39, 0.29) is 11.8 Å². The van der Waals surface area contributed by atoms with Crippen molar-refractivity contribution in [3.05, 3.63) is 59.7 Å². The van der Waals surface area contributed by atoms with Crippen molar-refractivity contribution in [3.63, 3.8) is 0 Å². The number of nitrogens with zero attached hydrogens (tertiary/aromatic N) is 3. The van der Waals surface area contributed by atoms with Crippen molar-refractivity contribution >= 4 is 5.90 Å². The first-order chi connectivity index (χ1) is 16.9. The lowest BCUT2D eigenvalue weighted by Gasteiger charge is -2.53. The van der Waals surface area contributed by atoms with Crippen LogP contribution in [0.3, 0.4) is 0 Å². The predicted molar refractivity (Wildman–Crippen MR) is 123 cm³/mol. The summed E-state index contributed by atoms with van der Waals surface area (Å²) in [5.74, 6) is -1.40. The summed E-state index contributed by atoms with van der Waals surface area (Å²) in [6.07, 6.45) is 0.379. The smallest absolute Gasteiger partial charge is 0.217 e. The number of hydrogen-bond acceptors (Lipinski definition) is 8. The second-order valence-electron chi connectivity index (χ2n) is 9.23. The van der Waals surface area contributed by atoms with Crippen LogP contribution in [0.5, 0.6) is 11.5 Å². The molecule has 2 aromatic rings. The summed E-state index contributed by atoms with van der Waals surface area (Å²) in [6, 6.07) is 21.4. The van der Waals surface area contributed by atoms with E-state index in [0.29, 0.717) is 36.3 Å². The lowest BCUT2D eigenvalue weighted by Crippen LogP contribution is -2.60. The Morgan fingerprint density at radius 3 is 2.37 bits per heavy atom. The van der Waals surface area contributed by atoms with Gasteiger partial charge >= 0.3 is 0 Å². The van der Waals surface area contributed by atoms with Crippen molar-refractivity contribution in [2.75, 3.05) is 14.2 Å². The summed E-state index contributed by atoms with van der Waals surface area (Å²) >= 11 is 0. The minimum atomic E-state index is -2.05. The number of nitriles is 3. The molecule has 2 saturated heterocycles. The number of hydrogen-bond donors (Lipinski definition) is 1. The van der Waals surface area contributed by atoms with Crippen molar-refractivity contribution in [2.24, 2.45) is 16.7 Å². The molecular formula is C27H24N4O4. The summed E-state index contributed by atoms with van der Waals surface area (Å²) in [4.78, 5) is 0. The number of benzene rings is 2. The Bertz CT molecular complexity index is 1290. The molecule has 176 valence electrons. The Kier molecular flexibility index (Phi) is 5.20. The summed E-state index contributed by atoms with van der Waals surface area (Å²) < 4.78 is 23.6. The zero-order chi connectivity index (χ0) is 24.8. The quantitative estimate of drug-likeness (QED) is 0.693. The Balaban J connectivity index is 1.71. The highest BCUT2D eigenvalue weighted by molar-refractivity contribution is 5.89. The third-order valence-corrected chi connectivity index (χ3v) is 7.90. The van der Waals surface area contributed by atoms with Gasteiger partial charge in [0.15, 0.2) is 5.41 Å². The predicted octanol–water partition coefficient (Wildman–Crippen LogP) is 4.61. The zero-order valence-corrected chi connectivity index (χ0v) is 19.4. The normalized spacial score (nSPS) is 32.2. The van der Waals surface area contributed by atoms with Crippen LogP contribution in [-0.4, -0.2) is 25.9 Å². The van der Waals surface area contributed by atoms with E-state index in [0.717, 1.165) is 5.56 Å². The van der Waals surface area contributed by atoms with Crippen LogP contribution < -0.4 is 9.47 Å². The second kappa shape index (κ2) is 8.01. The molecule has 5 atom stereocenters. The zero-order valence-electron chi connectivity index (χ0n) is 19.4. The fourth-order valence-electron chi connectivity index (χ4n) is 6.19. The van der Waals surface area contributed by atoms with Gasteiger partial charge in [0.1, 0.15) is 17.6 Å². The van der Waals surface area contributed by atoms with Gasteiger partial charge in [0.25, 0.3) is 0 Å². The fourth-order valence-corrected chi connectivity index (χ4v) is 6.19. The highest BCUT2D eigenvalue weighted by Crippen LogP contribution is 2.71. The Labute approximate surface area is 203 Å². The number of ether oxygens (including phenoxy) is 4. The minimum Gasteiger partial charge on any atom is -0.497 e. The Hall–Kier alpha value is -4.06. The van der Waals surface area contributed by atoms with Crippen LogP contribution in [0.2, 0.25) is 0 Å². The molecule has 3 fully saturated rings. The summed E-state index contributed by atoms with van der Waals surface area (Å²) in [5, 5.41) is 40.5. The maximum atomic E-state index is 10.6. The molecule has 2 aliphatic heterocycles. The third-order valence-electron chi connectivity index (χ3n) is 7.90. The van der Waals surface area contributed by atoms with Crippen molar-refractivity contribution in [1.29, 1.82) is 21.2 Å². The van der Waals surface area contributed by atoms with Crippen LogP contribution in [-0.2, 0) is 9.47 Å². The SMILES string of the molecule is COc1ccc(OC)c(C2OC34CCC(c5ccccc5)CC3C(C#N)(C(=N)O4)C2(C#N)C#N)c1. The molecule has 35 heavy (non-hydrogen) atoms. The molecule has 0 amide bonds. The topological polar surface area (TPSA) is 132 Å². The van der Waals surface area contributed by atoms with E-state index in [1.54, 1.807) is 18.2 Å². The molecular weight excluding hydrogens is 444 g/mol. The van der Waals surface area contributed by atoms with Gasteiger partial charge in [-0.25, -0.2) is 0 Å². The first kappa shape index (κ1) is 22.7. The van der Waals surface area contributed by atoms with E-state index < -0.39 is 28.6 Å². The van der Waals surface area contributed by atoms with Gasteiger partial charge in [-0.1, -0.05) is 30.3 Å². The molecule has 3 aliphatic rings. The van der Waals surface area contributed by atoms with Gasteiger partial charge < -0.3 is 18.9 Å².